The Bertz CT molecular complexity index is 651. The van der Waals surface area contributed by atoms with Crippen molar-refractivity contribution in [3.8, 4) is 5.75 Å². The molecule has 1 atom stereocenters. The molecule has 1 rings (SSSR count). The zero-order valence-corrected chi connectivity index (χ0v) is 18.8. The maximum atomic E-state index is 12.1. The van der Waals surface area contributed by atoms with Crippen molar-refractivity contribution in [3.63, 3.8) is 0 Å². The number of carbonyl (C=O) groups is 1. The number of nitrogens with one attached hydrogen (secondary N) is 1. The Morgan fingerprint density at radius 2 is 1.69 bits per heavy atom. The van der Waals surface area contributed by atoms with Crippen LogP contribution in [0, 0.1) is 0 Å². The number of alkyl carbamates (subject to hydrolysis) is 1. The van der Waals surface area contributed by atoms with Gasteiger partial charge in [-0.1, -0.05) is 12.1 Å². The van der Waals surface area contributed by atoms with E-state index in [1.807, 2.05) is 24.3 Å². The van der Waals surface area contributed by atoms with Gasteiger partial charge < -0.3 is 19.5 Å². The summed E-state index contributed by atoms with van der Waals surface area (Å²) in [5.74, 6) is 0.615. The third-order valence-electron chi connectivity index (χ3n) is 3.57. The van der Waals surface area contributed by atoms with Gasteiger partial charge in [0.2, 0.25) is 0 Å². The third kappa shape index (κ3) is 10.6. The van der Waals surface area contributed by atoms with Crippen molar-refractivity contribution in [2.24, 2.45) is 0 Å². The van der Waals surface area contributed by atoms with Crippen LogP contribution in [0.2, 0.25) is 0 Å². The van der Waals surface area contributed by atoms with Crippen LogP contribution in [-0.2, 0) is 34.0 Å². The molecule has 0 bridgehead atoms. The van der Waals surface area contributed by atoms with E-state index >= 15 is 0 Å². The predicted molar refractivity (Wildman–Crippen MR) is 108 cm³/mol. The number of ether oxygens (including phenoxy) is 3. The van der Waals surface area contributed by atoms with Crippen LogP contribution in [0.15, 0.2) is 24.3 Å². The molecule has 0 saturated carbocycles. The van der Waals surface area contributed by atoms with Crippen molar-refractivity contribution in [3.05, 3.63) is 29.8 Å². The number of hydrogen-bond acceptors (Lipinski definition) is 8. The van der Waals surface area contributed by atoms with Gasteiger partial charge in [0.1, 0.15) is 18.0 Å². The monoisotopic (exact) mass is 433 g/mol. The Morgan fingerprint density at radius 3 is 2.21 bits per heavy atom. The van der Waals surface area contributed by atoms with Crippen LogP contribution in [-0.4, -0.2) is 58.9 Å². The topological polar surface area (TPSA) is 102 Å². The zero-order chi connectivity index (χ0) is 21.9. The minimum absolute atomic E-state index is 0.0596. The van der Waals surface area contributed by atoms with Gasteiger partial charge in [-0.05, 0) is 44.9 Å². The van der Waals surface area contributed by atoms with E-state index in [-0.39, 0.29) is 13.2 Å². The van der Waals surface area contributed by atoms with Crippen LogP contribution >= 0.6 is 7.82 Å². The van der Waals surface area contributed by atoms with Crippen LogP contribution < -0.4 is 10.1 Å². The second-order valence-corrected chi connectivity index (χ2v) is 9.03. The molecule has 166 valence electrons. The molecule has 0 aromatic heterocycles. The largest absolute Gasteiger partial charge is 0.491 e. The highest BCUT2D eigenvalue weighted by molar-refractivity contribution is 7.48. The lowest BCUT2D eigenvalue weighted by molar-refractivity contribution is 0.0447. The fourth-order valence-electron chi connectivity index (χ4n) is 2.14. The molecule has 0 fully saturated rings. The Kier molecular flexibility index (Phi) is 10.6. The van der Waals surface area contributed by atoms with Gasteiger partial charge in [0, 0.05) is 21.3 Å². The van der Waals surface area contributed by atoms with Crippen molar-refractivity contribution in [2.45, 2.75) is 38.8 Å². The first-order valence-corrected chi connectivity index (χ1v) is 10.6. The second-order valence-electron chi connectivity index (χ2n) is 7.15. The summed E-state index contributed by atoms with van der Waals surface area (Å²) in [7, 11) is 0.385. The summed E-state index contributed by atoms with van der Waals surface area (Å²) in [4.78, 5) is 12.1. The zero-order valence-electron chi connectivity index (χ0n) is 17.9. The minimum Gasteiger partial charge on any atom is -0.491 e. The molecule has 0 unspecified atom stereocenters. The summed E-state index contributed by atoms with van der Waals surface area (Å²) in [5, 5.41) is 2.64. The molecule has 0 saturated heterocycles. The summed E-state index contributed by atoms with van der Waals surface area (Å²) in [6.45, 7) is 5.80. The molecular weight excluding hydrogens is 401 g/mol. The first-order valence-electron chi connectivity index (χ1n) is 9.17. The van der Waals surface area contributed by atoms with E-state index in [0.717, 1.165) is 12.0 Å². The fourth-order valence-corrected chi connectivity index (χ4v) is 2.86. The second kappa shape index (κ2) is 12.1. The molecule has 1 aromatic carbocycles. The highest BCUT2D eigenvalue weighted by Crippen LogP contribution is 2.47. The smallest absolute Gasteiger partial charge is 0.474 e. The SMILES string of the molecule is COCCc1ccc(OC[C@H](COP(=O)(OC)OC)NC(=O)OC(C)(C)C)cc1. The summed E-state index contributed by atoms with van der Waals surface area (Å²) >= 11 is 0. The van der Waals surface area contributed by atoms with Crippen molar-refractivity contribution in [1.29, 1.82) is 0 Å². The lowest BCUT2D eigenvalue weighted by Gasteiger charge is -2.24. The Balaban J connectivity index is 2.71. The van der Waals surface area contributed by atoms with Crippen LogP contribution in [0.5, 0.6) is 5.75 Å². The average Bonchev–Trinajstić information content (AvgIpc) is 2.67. The number of phosphoric acid groups is 1. The number of amides is 1. The Hall–Kier alpha value is -1.64. The van der Waals surface area contributed by atoms with E-state index < -0.39 is 25.6 Å². The number of methoxy groups -OCH3 is 1. The fraction of sp³-hybridized carbons (Fsp3) is 0.632. The number of phosphoric ester groups is 1. The van der Waals surface area contributed by atoms with Crippen molar-refractivity contribution in [1.82, 2.24) is 5.32 Å². The van der Waals surface area contributed by atoms with Crippen molar-refractivity contribution in [2.75, 3.05) is 41.2 Å². The van der Waals surface area contributed by atoms with Crippen LogP contribution in [0.4, 0.5) is 4.79 Å². The van der Waals surface area contributed by atoms with Gasteiger partial charge in [-0.3, -0.25) is 13.6 Å². The van der Waals surface area contributed by atoms with E-state index in [1.165, 1.54) is 14.2 Å². The number of rotatable bonds is 12. The molecule has 1 N–H and O–H groups in total. The van der Waals surface area contributed by atoms with E-state index in [1.54, 1.807) is 27.9 Å². The molecule has 0 radical (unpaired) electrons. The standard InChI is InChI=1S/C19H32NO8P/c1-19(2,3)28-18(21)20-16(14-27-29(22,24-5)25-6)13-26-17-9-7-15(8-10-17)11-12-23-4/h7-10,16H,11-14H2,1-6H3,(H,20,21)/t16-/m1/s1. The van der Waals surface area contributed by atoms with Crippen LogP contribution in [0.1, 0.15) is 26.3 Å². The maximum absolute atomic E-state index is 12.1. The van der Waals surface area contributed by atoms with E-state index in [0.29, 0.717) is 12.4 Å². The van der Waals surface area contributed by atoms with Gasteiger partial charge in [0.25, 0.3) is 0 Å². The molecule has 29 heavy (non-hydrogen) atoms. The van der Waals surface area contributed by atoms with Gasteiger partial charge in [0.15, 0.2) is 0 Å². The minimum atomic E-state index is -3.69. The Morgan fingerprint density at radius 1 is 1.07 bits per heavy atom. The van der Waals surface area contributed by atoms with Gasteiger partial charge in [-0.25, -0.2) is 9.36 Å². The molecular formula is C19H32NO8P. The van der Waals surface area contributed by atoms with Crippen LogP contribution in [0.3, 0.4) is 0 Å². The molecule has 0 spiro atoms. The molecule has 1 amide bonds. The van der Waals surface area contributed by atoms with Crippen LogP contribution in [0.25, 0.3) is 0 Å². The maximum Gasteiger partial charge on any atom is 0.474 e. The number of carbonyl (C=O) groups excluding carboxylic acids is 1. The predicted octanol–water partition coefficient (Wildman–Crippen LogP) is 3.57. The first-order chi connectivity index (χ1) is 13.6. The summed E-state index contributed by atoms with van der Waals surface area (Å²) in [5.41, 5.74) is 0.454. The normalized spacial score (nSPS) is 13.0. The number of hydrogen-bond donors (Lipinski definition) is 1. The molecule has 10 heteroatoms. The van der Waals surface area contributed by atoms with Gasteiger partial charge in [-0.2, -0.15) is 0 Å². The van der Waals surface area contributed by atoms with Gasteiger partial charge in [-0.15, -0.1) is 0 Å². The van der Waals surface area contributed by atoms with Gasteiger partial charge in [0.05, 0.1) is 19.3 Å². The molecule has 0 aliphatic rings. The third-order valence-corrected chi connectivity index (χ3v) is 4.93. The summed E-state index contributed by atoms with van der Waals surface area (Å²) in [6.07, 6.45) is 0.158. The summed E-state index contributed by atoms with van der Waals surface area (Å²) < 4.78 is 42.9. The highest BCUT2D eigenvalue weighted by Gasteiger charge is 2.27. The Labute approximate surface area is 172 Å². The molecule has 0 heterocycles. The average molecular weight is 433 g/mol. The molecule has 0 aliphatic heterocycles. The van der Waals surface area contributed by atoms with E-state index in [2.05, 4.69) is 5.32 Å². The van der Waals surface area contributed by atoms with E-state index in [4.69, 9.17) is 27.8 Å². The molecule has 9 nitrogen and oxygen atoms in total. The van der Waals surface area contributed by atoms with Crippen molar-refractivity contribution >= 4 is 13.9 Å². The van der Waals surface area contributed by atoms with Gasteiger partial charge >= 0.3 is 13.9 Å². The molecule has 1 aromatic rings. The van der Waals surface area contributed by atoms with E-state index in [9.17, 15) is 9.36 Å². The van der Waals surface area contributed by atoms with Crippen molar-refractivity contribution < 1.29 is 37.1 Å². The first kappa shape index (κ1) is 25.4. The lowest BCUT2D eigenvalue weighted by atomic mass is 10.1. The highest BCUT2D eigenvalue weighted by atomic mass is 31.2. The quantitative estimate of drug-likeness (QED) is 0.499. The lowest BCUT2D eigenvalue weighted by Crippen LogP contribution is -2.44. The molecule has 0 aliphatic carbocycles. The number of benzene rings is 1. The summed E-state index contributed by atoms with van der Waals surface area (Å²) in [6, 6.07) is 6.87.